The van der Waals surface area contributed by atoms with Crippen molar-refractivity contribution in [2.45, 2.75) is 31.8 Å². The summed E-state index contributed by atoms with van der Waals surface area (Å²) in [5.41, 5.74) is 6.81. The van der Waals surface area contributed by atoms with Crippen LogP contribution in [0.1, 0.15) is 31.4 Å². The van der Waals surface area contributed by atoms with Gasteiger partial charge in [-0.3, -0.25) is 4.79 Å². The molecule has 19 heavy (non-hydrogen) atoms. The minimum absolute atomic E-state index is 0.0248. The van der Waals surface area contributed by atoms with Gasteiger partial charge in [0.15, 0.2) is 0 Å². The maximum absolute atomic E-state index is 11.9. The molecule has 1 aromatic rings. The van der Waals surface area contributed by atoms with Crippen LogP contribution >= 0.6 is 0 Å². The Hall–Kier alpha value is -1.39. The van der Waals surface area contributed by atoms with Gasteiger partial charge in [0.2, 0.25) is 5.91 Å². The number of carbonyl (C=O) groups excluding carboxylic acids is 1. The van der Waals surface area contributed by atoms with Crippen LogP contribution in [0.3, 0.4) is 0 Å². The summed E-state index contributed by atoms with van der Waals surface area (Å²) < 4.78 is 0. The smallest absolute Gasteiger partial charge is 0.220 e. The van der Waals surface area contributed by atoms with Gasteiger partial charge in [-0.25, -0.2) is 0 Å². The molecule has 2 unspecified atom stereocenters. The van der Waals surface area contributed by atoms with Crippen molar-refractivity contribution in [1.29, 1.82) is 0 Å². The van der Waals surface area contributed by atoms with E-state index in [-0.39, 0.29) is 18.0 Å². The molecule has 1 rings (SSSR count). The molecule has 106 valence electrons. The minimum Gasteiger partial charge on any atom is -0.348 e. The highest BCUT2D eigenvalue weighted by molar-refractivity contribution is 5.76. The number of nitrogens with one attached hydrogen (secondary N) is 1. The summed E-state index contributed by atoms with van der Waals surface area (Å²) in [6.45, 7) is 2.70. The molecule has 0 radical (unpaired) electrons. The Bertz CT molecular complexity index is 376. The molecule has 0 aromatic heterocycles. The lowest BCUT2D eigenvalue weighted by molar-refractivity contribution is -0.122. The van der Waals surface area contributed by atoms with Crippen LogP contribution in [-0.4, -0.2) is 37.5 Å². The maximum Gasteiger partial charge on any atom is 0.220 e. The zero-order chi connectivity index (χ0) is 14.3. The van der Waals surface area contributed by atoms with Crippen molar-refractivity contribution in [2.75, 3.05) is 20.6 Å². The maximum atomic E-state index is 11.9. The Morgan fingerprint density at radius 2 is 1.95 bits per heavy atom. The van der Waals surface area contributed by atoms with Gasteiger partial charge in [0.25, 0.3) is 0 Å². The quantitative estimate of drug-likeness (QED) is 0.784. The number of likely N-dealkylation sites (N-methyl/N-ethyl adjacent to an activating group) is 1. The molecule has 3 N–H and O–H groups in total. The Morgan fingerprint density at radius 1 is 1.32 bits per heavy atom. The van der Waals surface area contributed by atoms with E-state index >= 15 is 0 Å². The van der Waals surface area contributed by atoms with Gasteiger partial charge in [0.1, 0.15) is 0 Å². The summed E-state index contributed by atoms with van der Waals surface area (Å²) in [7, 11) is 4.01. The van der Waals surface area contributed by atoms with Crippen LogP contribution in [0.4, 0.5) is 0 Å². The summed E-state index contributed by atoms with van der Waals surface area (Å²) in [4.78, 5) is 14.0. The molecule has 2 atom stereocenters. The molecule has 0 heterocycles. The summed E-state index contributed by atoms with van der Waals surface area (Å²) in [6, 6.07) is 10.1. The molecule has 0 aliphatic carbocycles. The molecule has 0 aliphatic heterocycles. The number of benzene rings is 1. The molecule has 4 heteroatoms. The lowest BCUT2D eigenvalue weighted by atomic mass is 10.1. The molecule has 0 fully saturated rings. The van der Waals surface area contributed by atoms with Gasteiger partial charge < -0.3 is 16.0 Å². The van der Waals surface area contributed by atoms with Crippen LogP contribution in [0.15, 0.2) is 30.3 Å². The van der Waals surface area contributed by atoms with Gasteiger partial charge in [-0.2, -0.15) is 0 Å². The number of hydrogen-bond donors (Lipinski definition) is 2. The third-order valence-corrected chi connectivity index (χ3v) is 2.91. The van der Waals surface area contributed by atoms with Gasteiger partial charge >= 0.3 is 0 Å². The number of rotatable bonds is 7. The lowest BCUT2D eigenvalue weighted by Crippen LogP contribution is -2.35. The first kappa shape index (κ1) is 15.7. The van der Waals surface area contributed by atoms with Crippen molar-refractivity contribution >= 4 is 5.91 Å². The molecule has 0 spiro atoms. The molecular formula is C15H25N3O. The van der Waals surface area contributed by atoms with Crippen molar-refractivity contribution in [3.63, 3.8) is 0 Å². The van der Waals surface area contributed by atoms with Crippen molar-refractivity contribution in [3.8, 4) is 0 Å². The lowest BCUT2D eigenvalue weighted by Gasteiger charge is -2.23. The van der Waals surface area contributed by atoms with Crippen LogP contribution in [0.5, 0.6) is 0 Å². The highest BCUT2D eigenvalue weighted by atomic mass is 16.1. The van der Waals surface area contributed by atoms with Crippen molar-refractivity contribution < 1.29 is 4.79 Å². The first-order valence-corrected chi connectivity index (χ1v) is 6.73. The Kier molecular flexibility index (Phi) is 6.53. The van der Waals surface area contributed by atoms with E-state index in [1.807, 2.05) is 51.4 Å². The molecule has 0 saturated carbocycles. The van der Waals surface area contributed by atoms with Crippen molar-refractivity contribution in [1.82, 2.24) is 10.2 Å². The molecule has 0 saturated heterocycles. The van der Waals surface area contributed by atoms with E-state index < -0.39 is 0 Å². The Balaban J connectivity index is 2.62. The number of carbonyl (C=O) groups is 1. The van der Waals surface area contributed by atoms with Gasteiger partial charge in [-0.15, -0.1) is 0 Å². The molecule has 1 amide bonds. The standard InChI is InChI=1S/C15H25N3O/c1-12(16)9-10-15(19)17-14(11-18(2)3)13-7-5-4-6-8-13/h4-8,12,14H,9-11,16H2,1-3H3,(H,17,19). The predicted molar refractivity (Wildman–Crippen MR) is 78.8 cm³/mol. The number of amides is 1. The Labute approximate surface area is 116 Å². The summed E-state index contributed by atoms with van der Waals surface area (Å²) in [5.74, 6) is 0.0630. The second-order valence-corrected chi connectivity index (χ2v) is 5.31. The van der Waals surface area contributed by atoms with E-state index in [0.717, 1.165) is 18.5 Å². The Morgan fingerprint density at radius 3 is 2.47 bits per heavy atom. The van der Waals surface area contributed by atoms with E-state index in [4.69, 9.17) is 5.73 Å². The number of nitrogens with two attached hydrogens (primary N) is 1. The SMILES string of the molecule is CC(N)CCC(=O)NC(CN(C)C)c1ccccc1. The van der Waals surface area contributed by atoms with E-state index in [9.17, 15) is 4.79 Å². The first-order valence-electron chi connectivity index (χ1n) is 6.73. The summed E-state index contributed by atoms with van der Waals surface area (Å²) in [6.07, 6.45) is 1.20. The summed E-state index contributed by atoms with van der Waals surface area (Å²) in [5, 5.41) is 3.08. The molecule has 4 nitrogen and oxygen atoms in total. The minimum atomic E-state index is 0.0248. The topological polar surface area (TPSA) is 58.4 Å². The second-order valence-electron chi connectivity index (χ2n) is 5.31. The second kappa shape index (κ2) is 7.92. The molecular weight excluding hydrogens is 238 g/mol. The van der Waals surface area contributed by atoms with Gasteiger partial charge in [-0.05, 0) is 33.0 Å². The van der Waals surface area contributed by atoms with Crippen LogP contribution in [0.25, 0.3) is 0 Å². The zero-order valence-electron chi connectivity index (χ0n) is 12.1. The average Bonchev–Trinajstić information content (AvgIpc) is 2.36. The van der Waals surface area contributed by atoms with Crippen molar-refractivity contribution in [3.05, 3.63) is 35.9 Å². The highest BCUT2D eigenvalue weighted by Crippen LogP contribution is 2.13. The highest BCUT2D eigenvalue weighted by Gasteiger charge is 2.15. The fraction of sp³-hybridized carbons (Fsp3) is 0.533. The monoisotopic (exact) mass is 263 g/mol. The third-order valence-electron chi connectivity index (χ3n) is 2.91. The van der Waals surface area contributed by atoms with Crippen LogP contribution in [0, 0.1) is 0 Å². The average molecular weight is 263 g/mol. The molecule has 0 aliphatic rings. The van der Waals surface area contributed by atoms with Crippen LogP contribution in [0.2, 0.25) is 0 Å². The normalized spacial score (nSPS) is 14.2. The first-order chi connectivity index (χ1) is 8.99. The van der Waals surface area contributed by atoms with Gasteiger partial charge in [0.05, 0.1) is 6.04 Å². The van der Waals surface area contributed by atoms with E-state index in [1.54, 1.807) is 0 Å². The van der Waals surface area contributed by atoms with Crippen LogP contribution < -0.4 is 11.1 Å². The summed E-state index contributed by atoms with van der Waals surface area (Å²) >= 11 is 0. The predicted octanol–water partition coefficient (Wildman–Crippen LogP) is 1.53. The van der Waals surface area contributed by atoms with Crippen LogP contribution in [-0.2, 0) is 4.79 Å². The third kappa shape index (κ3) is 6.36. The fourth-order valence-electron chi connectivity index (χ4n) is 1.91. The fourth-order valence-corrected chi connectivity index (χ4v) is 1.91. The largest absolute Gasteiger partial charge is 0.348 e. The number of hydrogen-bond acceptors (Lipinski definition) is 3. The van der Waals surface area contributed by atoms with Gasteiger partial charge in [-0.1, -0.05) is 30.3 Å². The zero-order valence-corrected chi connectivity index (χ0v) is 12.1. The van der Waals surface area contributed by atoms with Gasteiger partial charge in [0, 0.05) is 19.0 Å². The van der Waals surface area contributed by atoms with Crippen molar-refractivity contribution in [2.24, 2.45) is 5.73 Å². The van der Waals surface area contributed by atoms with E-state index in [1.165, 1.54) is 0 Å². The van der Waals surface area contributed by atoms with E-state index in [0.29, 0.717) is 6.42 Å². The number of nitrogens with zero attached hydrogens (tertiary/aromatic N) is 1. The molecule has 0 bridgehead atoms. The van der Waals surface area contributed by atoms with E-state index in [2.05, 4.69) is 10.2 Å². The molecule has 1 aromatic carbocycles.